The van der Waals surface area contributed by atoms with Crippen molar-refractivity contribution < 1.29 is 4.79 Å². The highest BCUT2D eigenvalue weighted by atomic mass is 32.2. The fourth-order valence-corrected chi connectivity index (χ4v) is 4.32. The van der Waals surface area contributed by atoms with Crippen LogP contribution in [-0.2, 0) is 6.54 Å². The van der Waals surface area contributed by atoms with Gasteiger partial charge in [-0.2, -0.15) is 0 Å². The lowest BCUT2D eigenvalue weighted by molar-refractivity contribution is 0.0995. The maximum absolute atomic E-state index is 13.1. The molecule has 0 bridgehead atoms. The average Bonchev–Trinajstić information content (AvgIpc) is 3.28. The number of aromatic amines is 1. The molecule has 1 atom stereocenters. The Morgan fingerprint density at radius 3 is 2.84 bits per heavy atom. The monoisotopic (exact) mass is 354 g/mol. The van der Waals surface area contributed by atoms with E-state index in [4.69, 9.17) is 0 Å². The van der Waals surface area contributed by atoms with Gasteiger partial charge in [0.05, 0.1) is 5.25 Å². The average molecular weight is 354 g/mol. The Morgan fingerprint density at radius 2 is 2.12 bits per heavy atom. The lowest BCUT2D eigenvalue weighted by Gasteiger charge is -2.11. The number of thioether (sulfide) groups is 1. The molecule has 0 spiro atoms. The zero-order chi connectivity index (χ0) is 17.6. The number of aromatic nitrogens is 4. The number of rotatable bonds is 6. The molecule has 0 unspecified atom stereocenters. The summed E-state index contributed by atoms with van der Waals surface area (Å²) in [5.41, 5.74) is 2.73. The van der Waals surface area contributed by atoms with Gasteiger partial charge in [0.25, 0.3) is 0 Å². The normalized spacial score (nSPS) is 15.6. The summed E-state index contributed by atoms with van der Waals surface area (Å²) in [6, 6.07) is 7.96. The highest BCUT2D eigenvalue weighted by molar-refractivity contribution is 8.00. The molecule has 4 rings (SSSR count). The molecule has 1 aromatic carbocycles. The number of ketones is 1. The van der Waals surface area contributed by atoms with Crippen LogP contribution in [0.2, 0.25) is 0 Å². The van der Waals surface area contributed by atoms with Crippen LogP contribution in [0.4, 0.5) is 0 Å². The third kappa shape index (κ3) is 2.88. The van der Waals surface area contributed by atoms with Gasteiger partial charge in [0.15, 0.2) is 10.9 Å². The largest absolute Gasteiger partial charge is 0.358 e. The van der Waals surface area contributed by atoms with Crippen molar-refractivity contribution in [3.63, 3.8) is 0 Å². The van der Waals surface area contributed by atoms with Crippen molar-refractivity contribution in [2.24, 2.45) is 0 Å². The highest BCUT2D eigenvalue weighted by Crippen LogP contribution is 2.40. The second-order valence-corrected chi connectivity index (χ2v) is 7.96. The van der Waals surface area contributed by atoms with Crippen molar-refractivity contribution in [1.29, 1.82) is 0 Å². The summed E-state index contributed by atoms with van der Waals surface area (Å²) >= 11 is 1.51. The van der Waals surface area contributed by atoms with Gasteiger partial charge in [-0.05, 0) is 39.7 Å². The molecule has 1 aliphatic carbocycles. The molecule has 0 saturated heterocycles. The maximum atomic E-state index is 13.1. The fourth-order valence-electron chi connectivity index (χ4n) is 3.34. The van der Waals surface area contributed by atoms with Crippen LogP contribution < -0.4 is 0 Å². The van der Waals surface area contributed by atoms with E-state index >= 15 is 0 Å². The molecule has 2 aromatic heterocycles. The molecule has 0 aliphatic heterocycles. The van der Waals surface area contributed by atoms with Crippen LogP contribution in [0.15, 0.2) is 29.4 Å². The van der Waals surface area contributed by atoms with E-state index in [1.807, 2.05) is 38.1 Å². The molecule has 0 radical (unpaired) electrons. The minimum atomic E-state index is -0.209. The Kier molecular flexibility index (Phi) is 4.15. The van der Waals surface area contributed by atoms with Crippen LogP contribution in [0.5, 0.6) is 0 Å². The Balaban J connectivity index is 1.61. The Morgan fingerprint density at radius 1 is 1.36 bits per heavy atom. The van der Waals surface area contributed by atoms with E-state index in [1.54, 1.807) is 0 Å². The number of nitrogens with zero attached hydrogens (tertiary/aromatic N) is 3. The summed E-state index contributed by atoms with van der Waals surface area (Å²) in [7, 11) is 0. The van der Waals surface area contributed by atoms with Crippen LogP contribution >= 0.6 is 11.8 Å². The maximum Gasteiger partial charge on any atom is 0.191 e. The van der Waals surface area contributed by atoms with E-state index in [2.05, 4.69) is 26.7 Å². The van der Waals surface area contributed by atoms with E-state index in [0.717, 1.165) is 39.7 Å². The van der Waals surface area contributed by atoms with Gasteiger partial charge in [-0.15, -0.1) is 10.2 Å². The minimum absolute atomic E-state index is 0.138. The van der Waals surface area contributed by atoms with E-state index in [1.165, 1.54) is 24.6 Å². The van der Waals surface area contributed by atoms with E-state index < -0.39 is 0 Å². The van der Waals surface area contributed by atoms with Gasteiger partial charge in [0, 0.05) is 34.6 Å². The third-order valence-electron chi connectivity index (χ3n) is 4.80. The predicted octanol–water partition coefficient (Wildman–Crippen LogP) is 4.33. The summed E-state index contributed by atoms with van der Waals surface area (Å²) < 4.78 is 2.16. The first-order valence-corrected chi connectivity index (χ1v) is 9.69. The lowest BCUT2D eigenvalue weighted by Crippen LogP contribution is -2.15. The summed E-state index contributed by atoms with van der Waals surface area (Å²) in [5.74, 6) is 1.77. The van der Waals surface area contributed by atoms with Crippen LogP contribution in [0.3, 0.4) is 0 Å². The Bertz CT molecular complexity index is 938. The zero-order valence-corrected chi connectivity index (χ0v) is 15.6. The van der Waals surface area contributed by atoms with Gasteiger partial charge < -0.3 is 9.55 Å². The van der Waals surface area contributed by atoms with Crippen molar-refractivity contribution in [3.05, 3.63) is 41.3 Å². The van der Waals surface area contributed by atoms with E-state index in [9.17, 15) is 4.79 Å². The number of fused-ring (bicyclic) bond motifs is 1. The van der Waals surface area contributed by atoms with Gasteiger partial charge in [-0.25, -0.2) is 0 Å². The molecular formula is C19H22N4OS. The zero-order valence-electron chi connectivity index (χ0n) is 14.7. The summed E-state index contributed by atoms with van der Waals surface area (Å²) in [6.45, 7) is 6.87. The number of carbonyl (C=O) groups is 1. The first-order chi connectivity index (χ1) is 12.1. The lowest BCUT2D eigenvalue weighted by atomic mass is 10.1. The van der Waals surface area contributed by atoms with Crippen molar-refractivity contribution in [1.82, 2.24) is 19.7 Å². The first kappa shape index (κ1) is 16.4. The van der Waals surface area contributed by atoms with Crippen LogP contribution in [0.25, 0.3) is 10.9 Å². The first-order valence-electron chi connectivity index (χ1n) is 8.81. The molecular weight excluding hydrogens is 332 g/mol. The number of hydrogen-bond acceptors (Lipinski definition) is 4. The van der Waals surface area contributed by atoms with Crippen molar-refractivity contribution in [2.45, 2.75) is 56.5 Å². The van der Waals surface area contributed by atoms with Gasteiger partial charge >= 0.3 is 0 Å². The molecule has 25 heavy (non-hydrogen) atoms. The number of aryl methyl sites for hydroxylation is 1. The standard InChI is InChI=1S/C19H22N4OS/c1-4-23-18(13-9-10-13)21-22-19(23)25-12(3)17(24)16-11(2)20-15-8-6-5-7-14(15)16/h5-8,12-13,20H,4,9-10H2,1-3H3/t12-/m0/s1. The third-order valence-corrected chi connectivity index (χ3v) is 5.88. The smallest absolute Gasteiger partial charge is 0.191 e. The van der Waals surface area contributed by atoms with Crippen LogP contribution in [-0.4, -0.2) is 30.8 Å². The number of hydrogen-bond donors (Lipinski definition) is 1. The summed E-state index contributed by atoms with van der Waals surface area (Å²) in [5, 5.41) is 10.4. The van der Waals surface area contributed by atoms with Gasteiger partial charge in [-0.3, -0.25) is 4.79 Å². The van der Waals surface area contributed by atoms with Gasteiger partial charge in [-0.1, -0.05) is 30.0 Å². The highest BCUT2D eigenvalue weighted by Gasteiger charge is 2.31. The van der Waals surface area contributed by atoms with Gasteiger partial charge in [0.1, 0.15) is 5.82 Å². The molecule has 2 heterocycles. The van der Waals surface area contributed by atoms with E-state index in [-0.39, 0.29) is 11.0 Å². The van der Waals surface area contributed by atoms with Gasteiger partial charge in [0.2, 0.25) is 0 Å². The second-order valence-electron chi connectivity index (χ2n) is 6.65. The SMILES string of the molecule is CCn1c(S[C@@H](C)C(=O)c2c(C)[nH]c3ccccc23)nnc1C1CC1. The number of carbonyl (C=O) groups excluding carboxylic acids is 1. The summed E-state index contributed by atoms with van der Waals surface area (Å²) in [4.78, 5) is 16.4. The quantitative estimate of drug-likeness (QED) is 0.529. The predicted molar refractivity (Wildman–Crippen MR) is 100 cm³/mol. The summed E-state index contributed by atoms with van der Waals surface area (Å²) in [6.07, 6.45) is 2.40. The second kappa shape index (κ2) is 6.33. The number of benzene rings is 1. The molecule has 1 aliphatic rings. The number of H-pyrrole nitrogens is 1. The molecule has 1 saturated carbocycles. The van der Waals surface area contributed by atoms with Crippen molar-refractivity contribution in [2.75, 3.05) is 0 Å². The molecule has 5 nitrogen and oxygen atoms in total. The topological polar surface area (TPSA) is 63.6 Å². The van der Waals surface area contributed by atoms with Crippen LogP contribution in [0, 0.1) is 6.92 Å². The number of nitrogens with one attached hydrogen (secondary N) is 1. The Labute approximate surface area is 151 Å². The van der Waals surface area contributed by atoms with E-state index in [0.29, 0.717) is 5.92 Å². The van der Waals surface area contributed by atoms with Crippen molar-refractivity contribution >= 4 is 28.4 Å². The molecule has 3 aromatic rings. The molecule has 130 valence electrons. The fraction of sp³-hybridized carbons (Fsp3) is 0.421. The molecule has 1 fully saturated rings. The Hall–Kier alpha value is -2.08. The number of Topliss-reactive ketones (excluding diaryl/α,β-unsaturated/α-hetero) is 1. The molecule has 6 heteroatoms. The minimum Gasteiger partial charge on any atom is -0.358 e. The molecule has 1 N–H and O–H groups in total. The van der Waals surface area contributed by atoms with Crippen molar-refractivity contribution in [3.8, 4) is 0 Å². The molecule has 0 amide bonds. The number of para-hydroxylation sites is 1. The van der Waals surface area contributed by atoms with Crippen LogP contribution in [0.1, 0.15) is 54.5 Å².